The van der Waals surface area contributed by atoms with E-state index in [1.165, 1.54) is 4.90 Å². The SMILES string of the molecule is CCN(C)C(=O)Oc1cccc2c1C(CCC(=O)OS(C)(=O)=O)CN2. The highest BCUT2D eigenvalue weighted by Crippen LogP contribution is 2.41. The molecule has 1 heterocycles. The molecule has 8 nitrogen and oxygen atoms in total. The summed E-state index contributed by atoms with van der Waals surface area (Å²) in [7, 11) is -2.16. The fourth-order valence-electron chi connectivity index (χ4n) is 2.59. The quantitative estimate of drug-likeness (QED) is 0.763. The molecule has 0 radical (unpaired) electrons. The highest BCUT2D eigenvalue weighted by atomic mass is 32.2. The average Bonchev–Trinajstić information content (AvgIpc) is 2.94. The van der Waals surface area contributed by atoms with Crippen LogP contribution in [0.5, 0.6) is 5.75 Å². The highest BCUT2D eigenvalue weighted by molar-refractivity contribution is 7.86. The van der Waals surface area contributed by atoms with Gasteiger partial charge >= 0.3 is 22.2 Å². The molecule has 0 aromatic heterocycles. The van der Waals surface area contributed by atoms with E-state index in [-0.39, 0.29) is 12.3 Å². The predicted octanol–water partition coefficient (Wildman–Crippen LogP) is 1.93. The Balaban J connectivity index is 2.10. The summed E-state index contributed by atoms with van der Waals surface area (Å²) in [5, 5.41) is 3.20. The molecule has 0 fully saturated rings. The van der Waals surface area contributed by atoms with Crippen molar-refractivity contribution in [3.05, 3.63) is 23.8 Å². The summed E-state index contributed by atoms with van der Waals surface area (Å²) >= 11 is 0. The van der Waals surface area contributed by atoms with E-state index < -0.39 is 22.2 Å². The van der Waals surface area contributed by atoms with Crippen LogP contribution in [0.25, 0.3) is 0 Å². The third-order valence-electron chi connectivity index (χ3n) is 3.94. The fourth-order valence-corrected chi connectivity index (χ4v) is 3.01. The van der Waals surface area contributed by atoms with Crippen LogP contribution in [0.15, 0.2) is 18.2 Å². The van der Waals surface area contributed by atoms with Crippen molar-refractivity contribution in [3.63, 3.8) is 0 Å². The summed E-state index contributed by atoms with van der Waals surface area (Å²) in [5.41, 5.74) is 1.65. The summed E-state index contributed by atoms with van der Waals surface area (Å²) in [6.07, 6.45) is 0.708. The van der Waals surface area contributed by atoms with Gasteiger partial charge in [-0.3, -0.25) is 4.79 Å². The monoisotopic (exact) mass is 370 g/mol. The molecule has 1 aliphatic heterocycles. The zero-order chi connectivity index (χ0) is 18.6. The average molecular weight is 370 g/mol. The number of anilines is 1. The Labute approximate surface area is 147 Å². The lowest BCUT2D eigenvalue weighted by Gasteiger charge is -2.18. The van der Waals surface area contributed by atoms with Crippen molar-refractivity contribution in [3.8, 4) is 5.75 Å². The van der Waals surface area contributed by atoms with Gasteiger partial charge < -0.3 is 19.1 Å². The lowest BCUT2D eigenvalue weighted by atomic mass is 9.95. The second-order valence-electron chi connectivity index (χ2n) is 5.88. The zero-order valence-corrected chi connectivity index (χ0v) is 15.3. The third-order valence-corrected chi connectivity index (χ3v) is 4.43. The van der Waals surface area contributed by atoms with Crippen LogP contribution in [0.1, 0.15) is 31.2 Å². The normalized spacial score (nSPS) is 15.9. The maximum Gasteiger partial charge on any atom is 0.414 e. The number of nitrogens with zero attached hydrogens (tertiary/aromatic N) is 1. The number of amides is 1. The summed E-state index contributed by atoms with van der Waals surface area (Å²) in [4.78, 5) is 25.1. The van der Waals surface area contributed by atoms with Crippen LogP contribution in [0.3, 0.4) is 0 Å². The van der Waals surface area contributed by atoms with Gasteiger partial charge in [-0.25, -0.2) is 4.79 Å². The number of nitrogens with one attached hydrogen (secondary N) is 1. The first kappa shape index (κ1) is 19.0. The van der Waals surface area contributed by atoms with Crippen LogP contribution in [0.2, 0.25) is 0 Å². The molecule has 1 aliphatic rings. The van der Waals surface area contributed by atoms with Crippen molar-refractivity contribution in [2.75, 3.05) is 31.7 Å². The summed E-state index contributed by atoms with van der Waals surface area (Å²) in [5.74, 6) is -0.441. The molecule has 0 saturated carbocycles. The third kappa shape index (κ3) is 5.09. The molecule has 2 rings (SSSR count). The van der Waals surface area contributed by atoms with Crippen LogP contribution in [0.4, 0.5) is 10.5 Å². The molecule has 1 amide bonds. The molecule has 1 aromatic carbocycles. The number of benzene rings is 1. The molecule has 1 N–H and O–H groups in total. The number of hydrogen-bond acceptors (Lipinski definition) is 7. The summed E-state index contributed by atoms with van der Waals surface area (Å²) < 4.78 is 31.8. The van der Waals surface area contributed by atoms with Gasteiger partial charge in [-0.2, -0.15) is 8.42 Å². The van der Waals surface area contributed by atoms with E-state index in [9.17, 15) is 18.0 Å². The molecule has 0 aliphatic carbocycles. The lowest BCUT2D eigenvalue weighted by Crippen LogP contribution is -2.29. The number of fused-ring (bicyclic) bond motifs is 1. The minimum atomic E-state index is -3.81. The van der Waals surface area contributed by atoms with Crippen LogP contribution in [0, 0.1) is 0 Å². The number of ether oxygens (including phenoxy) is 1. The number of rotatable bonds is 6. The van der Waals surface area contributed by atoms with Crippen molar-refractivity contribution >= 4 is 27.9 Å². The second kappa shape index (κ2) is 7.73. The molecule has 1 unspecified atom stereocenters. The van der Waals surface area contributed by atoms with Crippen molar-refractivity contribution in [1.29, 1.82) is 0 Å². The van der Waals surface area contributed by atoms with Crippen molar-refractivity contribution < 1.29 is 26.9 Å². The maximum atomic E-state index is 12.0. The molecule has 0 saturated heterocycles. The van der Waals surface area contributed by atoms with Crippen LogP contribution < -0.4 is 10.1 Å². The van der Waals surface area contributed by atoms with Gasteiger partial charge in [-0.15, -0.1) is 0 Å². The van der Waals surface area contributed by atoms with Gasteiger partial charge in [-0.1, -0.05) is 6.07 Å². The van der Waals surface area contributed by atoms with E-state index >= 15 is 0 Å². The smallest absolute Gasteiger partial charge is 0.410 e. The Hall–Kier alpha value is -2.29. The Bertz CT molecular complexity index is 762. The molecule has 9 heteroatoms. The minimum absolute atomic E-state index is 0.0456. The summed E-state index contributed by atoms with van der Waals surface area (Å²) in [6, 6.07) is 5.35. The van der Waals surface area contributed by atoms with Gasteiger partial charge in [0.15, 0.2) is 0 Å². The van der Waals surface area contributed by atoms with E-state index in [1.54, 1.807) is 19.2 Å². The Morgan fingerprint density at radius 3 is 2.72 bits per heavy atom. The Morgan fingerprint density at radius 2 is 2.08 bits per heavy atom. The maximum absolute atomic E-state index is 12.0. The first-order valence-electron chi connectivity index (χ1n) is 7.93. The highest BCUT2D eigenvalue weighted by Gasteiger charge is 2.28. The number of carbonyl (C=O) groups is 2. The second-order valence-corrected chi connectivity index (χ2v) is 7.45. The van der Waals surface area contributed by atoms with Crippen molar-refractivity contribution in [2.45, 2.75) is 25.7 Å². The largest absolute Gasteiger partial charge is 0.414 e. The number of hydrogen-bond donors (Lipinski definition) is 1. The van der Waals surface area contributed by atoms with Gasteiger partial charge in [0.1, 0.15) is 5.75 Å². The van der Waals surface area contributed by atoms with Gasteiger partial charge in [-0.05, 0) is 25.5 Å². The van der Waals surface area contributed by atoms with Crippen LogP contribution in [-0.2, 0) is 19.1 Å². The zero-order valence-electron chi connectivity index (χ0n) is 14.4. The molecule has 138 valence electrons. The van der Waals surface area contributed by atoms with Gasteiger partial charge in [0, 0.05) is 43.7 Å². The lowest BCUT2D eigenvalue weighted by molar-refractivity contribution is -0.133. The molecular formula is C16H22N2O6S. The van der Waals surface area contributed by atoms with Gasteiger partial charge in [0.05, 0.1) is 6.26 Å². The molecule has 1 aromatic rings. The van der Waals surface area contributed by atoms with E-state index in [0.717, 1.165) is 17.5 Å². The topological polar surface area (TPSA) is 102 Å². The molecule has 0 spiro atoms. The van der Waals surface area contributed by atoms with E-state index in [0.29, 0.717) is 25.3 Å². The molecule has 1 atom stereocenters. The van der Waals surface area contributed by atoms with Gasteiger partial charge in [0.2, 0.25) is 0 Å². The fraction of sp³-hybridized carbons (Fsp3) is 0.500. The first-order valence-corrected chi connectivity index (χ1v) is 9.75. The molecule has 0 bridgehead atoms. The standard InChI is InChI=1S/C16H22N2O6S/c1-4-18(2)16(20)23-13-7-5-6-12-15(13)11(10-17-12)8-9-14(19)24-25(3,21)22/h5-7,11,17H,4,8-10H2,1-3H3. The van der Waals surface area contributed by atoms with Crippen molar-refractivity contribution in [2.24, 2.45) is 0 Å². The Morgan fingerprint density at radius 1 is 1.36 bits per heavy atom. The van der Waals surface area contributed by atoms with E-state index in [2.05, 4.69) is 9.50 Å². The number of carbonyl (C=O) groups excluding carboxylic acids is 2. The summed E-state index contributed by atoms with van der Waals surface area (Å²) in [6.45, 7) is 2.93. The molecule has 25 heavy (non-hydrogen) atoms. The predicted molar refractivity (Wildman–Crippen MR) is 92.2 cm³/mol. The first-order chi connectivity index (χ1) is 11.7. The van der Waals surface area contributed by atoms with E-state index in [4.69, 9.17) is 4.74 Å². The van der Waals surface area contributed by atoms with Crippen LogP contribution >= 0.6 is 0 Å². The van der Waals surface area contributed by atoms with Crippen molar-refractivity contribution in [1.82, 2.24) is 4.90 Å². The minimum Gasteiger partial charge on any atom is -0.410 e. The van der Waals surface area contributed by atoms with Gasteiger partial charge in [0.25, 0.3) is 0 Å². The van der Waals surface area contributed by atoms with E-state index in [1.807, 2.05) is 13.0 Å². The van der Waals surface area contributed by atoms with Crippen LogP contribution in [-0.4, -0.2) is 51.8 Å². The molecular weight excluding hydrogens is 348 g/mol. The Kier molecular flexibility index (Phi) is 5.89.